The van der Waals surface area contributed by atoms with Gasteiger partial charge in [-0.25, -0.2) is 0 Å². The van der Waals surface area contributed by atoms with Crippen LogP contribution in [0.4, 0.5) is 0 Å². The second kappa shape index (κ2) is 40.8. The Morgan fingerprint density at radius 2 is 0.326 bits per heavy atom. The Hall–Kier alpha value is 0.799. The van der Waals surface area contributed by atoms with Gasteiger partial charge in [-0.05, 0) is 0 Å². The molecule has 0 saturated heterocycles. The molecule has 0 heterocycles. The SMILES string of the molecule is CCCCCCCCCCCCC[CH2][Sn+]([CH2]CCCCCCCCCCCCC)[CH2]CCCCCCCCCCCCC. The van der Waals surface area contributed by atoms with Crippen molar-refractivity contribution in [1.82, 2.24) is 0 Å². The first-order chi connectivity index (χ1) is 21.3. The van der Waals surface area contributed by atoms with E-state index < -0.39 is 19.8 Å². The van der Waals surface area contributed by atoms with E-state index in [0.717, 1.165) is 0 Å². The fraction of sp³-hybridized carbons (Fsp3) is 1.00. The summed E-state index contributed by atoms with van der Waals surface area (Å²) in [5.74, 6) is 0. The van der Waals surface area contributed by atoms with E-state index in [4.69, 9.17) is 0 Å². The Morgan fingerprint density at radius 3 is 0.488 bits per heavy atom. The van der Waals surface area contributed by atoms with Gasteiger partial charge in [-0.1, -0.05) is 40.0 Å². The predicted molar refractivity (Wildman–Crippen MR) is 203 cm³/mol. The van der Waals surface area contributed by atoms with Crippen molar-refractivity contribution in [2.45, 2.75) is 265 Å². The van der Waals surface area contributed by atoms with E-state index >= 15 is 0 Å². The molecule has 0 aliphatic rings. The van der Waals surface area contributed by atoms with Crippen molar-refractivity contribution in [2.24, 2.45) is 0 Å². The molecular formula is C42H87Sn+. The molecule has 43 heavy (non-hydrogen) atoms. The molecule has 0 bridgehead atoms. The zero-order chi connectivity index (χ0) is 31.2. The van der Waals surface area contributed by atoms with Crippen LogP contribution in [0.2, 0.25) is 13.3 Å². The smallest absolute Gasteiger partial charge is 0.0654 e. The van der Waals surface area contributed by atoms with Gasteiger partial charge in [-0.2, -0.15) is 0 Å². The van der Waals surface area contributed by atoms with Crippen molar-refractivity contribution in [3.8, 4) is 0 Å². The molecule has 1 heteroatoms. The molecule has 0 N–H and O–H groups in total. The molecule has 258 valence electrons. The Morgan fingerprint density at radius 1 is 0.186 bits per heavy atom. The normalized spacial score (nSPS) is 11.5. The molecule has 0 aromatic carbocycles. The molecule has 0 spiro atoms. The van der Waals surface area contributed by atoms with E-state index in [1.165, 1.54) is 193 Å². The standard InChI is InChI=1S/3C14H29.Sn/c3*1-3-5-7-9-11-13-14-12-10-8-6-4-2;/h3*1,3-14H2,2H3;/q;;;+1. The number of rotatable bonds is 39. The molecule has 0 amide bonds. The molecular weight excluding hydrogens is 623 g/mol. The van der Waals surface area contributed by atoms with Gasteiger partial charge in [-0.15, -0.1) is 0 Å². The molecule has 0 unspecified atom stereocenters. The van der Waals surface area contributed by atoms with Crippen LogP contribution in [0.25, 0.3) is 0 Å². The van der Waals surface area contributed by atoms with Crippen LogP contribution in [0.5, 0.6) is 0 Å². The molecule has 0 rings (SSSR count). The molecule has 0 aliphatic carbocycles. The van der Waals surface area contributed by atoms with Crippen molar-refractivity contribution in [1.29, 1.82) is 0 Å². The fourth-order valence-corrected chi connectivity index (χ4v) is 15.6. The second-order valence-corrected chi connectivity index (χ2v) is 23.2. The summed E-state index contributed by atoms with van der Waals surface area (Å²) in [4.78, 5) is 0. The first kappa shape index (κ1) is 43.8. The topological polar surface area (TPSA) is 0 Å². The van der Waals surface area contributed by atoms with Crippen LogP contribution in [0, 0.1) is 0 Å². The van der Waals surface area contributed by atoms with E-state index in [0.29, 0.717) is 0 Å². The van der Waals surface area contributed by atoms with Gasteiger partial charge in [0.25, 0.3) is 0 Å². The third-order valence-electron chi connectivity index (χ3n) is 10.2. The maximum absolute atomic E-state index is 2.32. The van der Waals surface area contributed by atoms with Crippen molar-refractivity contribution in [3.05, 3.63) is 0 Å². The zero-order valence-corrected chi connectivity index (χ0v) is 33.9. The Kier molecular flexibility index (Phi) is 41.6. The van der Waals surface area contributed by atoms with Gasteiger partial charge in [0.1, 0.15) is 0 Å². The zero-order valence-electron chi connectivity index (χ0n) is 31.1. The third-order valence-corrected chi connectivity index (χ3v) is 19.2. The maximum atomic E-state index is 2.32. The molecule has 0 radical (unpaired) electrons. The van der Waals surface area contributed by atoms with Crippen LogP contribution in [0.15, 0.2) is 0 Å². The summed E-state index contributed by atoms with van der Waals surface area (Å²) in [6.45, 7) is 6.97. The number of hydrogen-bond acceptors (Lipinski definition) is 0. The summed E-state index contributed by atoms with van der Waals surface area (Å²) in [6, 6.07) is 0. The average molecular weight is 711 g/mol. The minimum absolute atomic E-state index is 1.12. The molecule has 0 aromatic heterocycles. The number of unbranched alkanes of at least 4 members (excludes halogenated alkanes) is 33. The van der Waals surface area contributed by atoms with E-state index in [1.807, 2.05) is 0 Å². The van der Waals surface area contributed by atoms with Gasteiger partial charge in [0.15, 0.2) is 0 Å². The van der Waals surface area contributed by atoms with Crippen molar-refractivity contribution in [2.75, 3.05) is 0 Å². The summed E-state index contributed by atoms with van der Waals surface area (Å²) in [7, 11) is 0. The van der Waals surface area contributed by atoms with Crippen LogP contribution in [0.1, 0.15) is 252 Å². The van der Waals surface area contributed by atoms with Gasteiger partial charge in [0.05, 0.1) is 0 Å². The quantitative estimate of drug-likeness (QED) is 0.0440. The Bertz CT molecular complexity index is 393. The van der Waals surface area contributed by atoms with Crippen molar-refractivity contribution in [3.63, 3.8) is 0 Å². The Labute approximate surface area is 283 Å². The second-order valence-electron chi connectivity index (χ2n) is 14.7. The molecule has 0 aromatic rings. The third kappa shape index (κ3) is 38.9. The van der Waals surface area contributed by atoms with E-state index in [2.05, 4.69) is 20.8 Å². The van der Waals surface area contributed by atoms with Crippen molar-refractivity contribution < 1.29 is 0 Å². The van der Waals surface area contributed by atoms with Crippen LogP contribution in [-0.4, -0.2) is 19.8 Å². The molecule has 0 aliphatic heterocycles. The molecule has 0 saturated carbocycles. The van der Waals surface area contributed by atoms with Gasteiger partial charge >= 0.3 is 245 Å². The average Bonchev–Trinajstić information content (AvgIpc) is 3.02. The van der Waals surface area contributed by atoms with Crippen LogP contribution in [0.3, 0.4) is 0 Å². The number of hydrogen-bond donors (Lipinski definition) is 0. The van der Waals surface area contributed by atoms with Gasteiger partial charge < -0.3 is 0 Å². The van der Waals surface area contributed by atoms with Crippen LogP contribution >= 0.6 is 0 Å². The molecule has 0 nitrogen and oxygen atoms in total. The minimum atomic E-state index is -1.12. The summed E-state index contributed by atoms with van der Waals surface area (Å²) in [6.07, 6.45) is 54.0. The summed E-state index contributed by atoms with van der Waals surface area (Å²) < 4.78 is 5.20. The predicted octanol–water partition coefficient (Wildman–Crippen LogP) is 16.6. The summed E-state index contributed by atoms with van der Waals surface area (Å²) in [5, 5.41) is 0. The molecule has 0 fully saturated rings. The minimum Gasteiger partial charge on any atom is -0.0654 e. The van der Waals surface area contributed by atoms with E-state index in [-0.39, 0.29) is 0 Å². The Balaban J connectivity index is 3.90. The van der Waals surface area contributed by atoms with Crippen LogP contribution in [-0.2, 0) is 0 Å². The van der Waals surface area contributed by atoms with Gasteiger partial charge in [0.2, 0.25) is 0 Å². The van der Waals surface area contributed by atoms with E-state index in [9.17, 15) is 0 Å². The van der Waals surface area contributed by atoms with Gasteiger partial charge in [-0.3, -0.25) is 0 Å². The first-order valence-corrected chi connectivity index (χ1v) is 27.2. The van der Waals surface area contributed by atoms with E-state index in [1.54, 1.807) is 51.8 Å². The monoisotopic (exact) mass is 712 g/mol. The fourth-order valence-electron chi connectivity index (χ4n) is 7.02. The summed E-state index contributed by atoms with van der Waals surface area (Å²) >= 11 is -1.12. The molecule has 0 atom stereocenters. The summed E-state index contributed by atoms with van der Waals surface area (Å²) in [5.41, 5.74) is 0. The van der Waals surface area contributed by atoms with Crippen LogP contribution < -0.4 is 0 Å². The van der Waals surface area contributed by atoms with Gasteiger partial charge in [0, 0.05) is 0 Å². The van der Waals surface area contributed by atoms with Crippen molar-refractivity contribution >= 4 is 19.8 Å². The first-order valence-electron chi connectivity index (χ1n) is 21.2.